The molecule has 0 spiro atoms. The van der Waals surface area contributed by atoms with Gasteiger partial charge in [0.15, 0.2) is 0 Å². The van der Waals surface area contributed by atoms with Crippen LogP contribution in [-0.4, -0.2) is 23.9 Å². The van der Waals surface area contributed by atoms with Crippen molar-refractivity contribution >= 4 is 23.2 Å². The first-order valence-corrected chi connectivity index (χ1v) is 8.17. The minimum atomic E-state index is -4.46. The molecule has 1 heterocycles. The van der Waals surface area contributed by atoms with Gasteiger partial charge in [-0.1, -0.05) is 35.9 Å². The van der Waals surface area contributed by atoms with Gasteiger partial charge >= 0.3 is 6.18 Å². The zero-order chi connectivity index (χ0) is 18.0. The van der Waals surface area contributed by atoms with Crippen molar-refractivity contribution in [2.75, 3.05) is 18.4 Å². The first kappa shape index (κ1) is 17.6. The second kappa shape index (κ2) is 6.96. The lowest BCUT2D eigenvalue weighted by molar-refractivity contribution is -0.137. The summed E-state index contributed by atoms with van der Waals surface area (Å²) in [5, 5.41) is 2.87. The second-order valence-electron chi connectivity index (χ2n) is 5.88. The monoisotopic (exact) mass is 368 g/mol. The Kier molecular flexibility index (Phi) is 4.90. The van der Waals surface area contributed by atoms with Gasteiger partial charge in [0.25, 0.3) is 0 Å². The maximum Gasteiger partial charge on any atom is 0.416 e. The molecular formula is C18H16ClF3N2O. The number of hydrogen-bond acceptors (Lipinski definition) is 2. The van der Waals surface area contributed by atoms with Crippen molar-refractivity contribution in [1.82, 2.24) is 4.90 Å². The number of nitrogens with one attached hydrogen (secondary N) is 1. The molecule has 3 rings (SSSR count). The zero-order valence-corrected chi connectivity index (χ0v) is 14.0. The van der Waals surface area contributed by atoms with Crippen LogP contribution in [-0.2, 0) is 23.9 Å². The average molecular weight is 369 g/mol. The first-order valence-electron chi connectivity index (χ1n) is 7.80. The highest BCUT2D eigenvalue weighted by molar-refractivity contribution is 6.33. The van der Waals surface area contributed by atoms with Gasteiger partial charge in [0.2, 0.25) is 5.91 Å². The van der Waals surface area contributed by atoms with Crippen molar-refractivity contribution < 1.29 is 18.0 Å². The molecule has 0 unspecified atom stereocenters. The summed E-state index contributed by atoms with van der Waals surface area (Å²) in [5.74, 6) is -0.178. The van der Waals surface area contributed by atoms with Gasteiger partial charge < -0.3 is 10.2 Å². The Balaban J connectivity index is 1.65. The van der Waals surface area contributed by atoms with Gasteiger partial charge in [-0.25, -0.2) is 0 Å². The van der Waals surface area contributed by atoms with Crippen LogP contribution in [0, 0.1) is 0 Å². The van der Waals surface area contributed by atoms with Gasteiger partial charge in [-0.15, -0.1) is 0 Å². The van der Waals surface area contributed by atoms with Crippen molar-refractivity contribution in [3.63, 3.8) is 0 Å². The molecule has 0 bridgehead atoms. The summed E-state index contributed by atoms with van der Waals surface area (Å²) in [6.45, 7) is 0.990. The quantitative estimate of drug-likeness (QED) is 0.873. The van der Waals surface area contributed by atoms with Crippen LogP contribution in [0.25, 0.3) is 0 Å². The SMILES string of the molecule is O=C(CNc1cc(C(F)(F)F)ccc1Cl)N1CCc2ccccc2C1. The molecule has 1 aliphatic heterocycles. The van der Waals surface area contributed by atoms with Gasteiger partial charge in [0, 0.05) is 13.1 Å². The summed E-state index contributed by atoms with van der Waals surface area (Å²) in [6, 6.07) is 10.9. The zero-order valence-electron chi connectivity index (χ0n) is 13.2. The van der Waals surface area contributed by atoms with Crippen molar-refractivity contribution in [2.24, 2.45) is 0 Å². The topological polar surface area (TPSA) is 32.3 Å². The number of benzene rings is 2. The third kappa shape index (κ3) is 4.07. The van der Waals surface area contributed by atoms with Crippen LogP contribution in [0.5, 0.6) is 0 Å². The fourth-order valence-corrected chi connectivity index (χ4v) is 3.01. The number of alkyl halides is 3. The van der Waals surface area contributed by atoms with E-state index < -0.39 is 11.7 Å². The number of fused-ring (bicyclic) bond motifs is 1. The molecule has 2 aromatic carbocycles. The Bertz CT molecular complexity index is 792. The fraction of sp³-hybridized carbons (Fsp3) is 0.278. The van der Waals surface area contributed by atoms with E-state index in [1.165, 1.54) is 11.6 Å². The smallest absolute Gasteiger partial charge is 0.375 e. The third-order valence-corrected chi connectivity index (χ3v) is 4.54. The Labute approximate surface area is 148 Å². The normalized spacial score (nSPS) is 14.2. The van der Waals surface area contributed by atoms with Crippen molar-refractivity contribution in [1.29, 1.82) is 0 Å². The summed E-state index contributed by atoms with van der Waals surface area (Å²) in [5.41, 5.74) is 1.61. The number of hydrogen-bond donors (Lipinski definition) is 1. The van der Waals surface area contributed by atoms with Gasteiger partial charge in [0.1, 0.15) is 0 Å². The predicted octanol–water partition coefficient (Wildman–Crippen LogP) is 4.36. The number of amides is 1. The van der Waals surface area contributed by atoms with Crippen LogP contribution in [0.2, 0.25) is 5.02 Å². The number of nitrogens with zero attached hydrogens (tertiary/aromatic N) is 1. The Morgan fingerprint density at radius 1 is 1.16 bits per heavy atom. The van der Waals surface area contributed by atoms with Crippen LogP contribution < -0.4 is 5.32 Å². The summed E-state index contributed by atoms with van der Waals surface area (Å²) < 4.78 is 38.4. The third-order valence-electron chi connectivity index (χ3n) is 4.21. The maximum atomic E-state index is 12.8. The van der Waals surface area contributed by atoms with Gasteiger partial charge in [-0.3, -0.25) is 4.79 Å². The van der Waals surface area contributed by atoms with E-state index in [1.54, 1.807) is 4.90 Å². The lowest BCUT2D eigenvalue weighted by atomic mass is 10.00. The van der Waals surface area contributed by atoms with E-state index in [4.69, 9.17) is 11.6 Å². The summed E-state index contributed by atoms with van der Waals surface area (Å²) >= 11 is 5.93. The average Bonchev–Trinajstić information content (AvgIpc) is 2.59. The molecule has 0 fully saturated rings. The molecule has 0 saturated carbocycles. The fourth-order valence-electron chi connectivity index (χ4n) is 2.83. The number of halogens is 4. The highest BCUT2D eigenvalue weighted by Crippen LogP contribution is 2.33. The Hall–Kier alpha value is -2.21. The van der Waals surface area contributed by atoms with Crippen LogP contribution in [0.3, 0.4) is 0 Å². The predicted molar refractivity (Wildman–Crippen MR) is 90.5 cm³/mol. The molecule has 0 atom stereocenters. The molecule has 1 aliphatic rings. The molecule has 1 N–H and O–H groups in total. The summed E-state index contributed by atoms with van der Waals surface area (Å²) in [4.78, 5) is 14.1. The molecule has 0 radical (unpaired) electrons. The number of rotatable bonds is 3. The molecule has 132 valence electrons. The molecule has 0 saturated heterocycles. The van der Waals surface area contributed by atoms with Gasteiger partial charge in [0.05, 0.1) is 22.8 Å². The molecule has 3 nitrogen and oxygen atoms in total. The van der Waals surface area contributed by atoms with E-state index in [1.807, 2.05) is 24.3 Å². The summed E-state index contributed by atoms with van der Waals surface area (Å²) in [6.07, 6.45) is -3.69. The van der Waals surface area contributed by atoms with Crippen LogP contribution in [0.1, 0.15) is 16.7 Å². The highest BCUT2D eigenvalue weighted by Gasteiger charge is 2.31. The molecule has 25 heavy (non-hydrogen) atoms. The van der Waals surface area contributed by atoms with E-state index in [9.17, 15) is 18.0 Å². The molecule has 0 aromatic heterocycles. The number of anilines is 1. The highest BCUT2D eigenvalue weighted by atomic mass is 35.5. The minimum Gasteiger partial charge on any atom is -0.375 e. The van der Waals surface area contributed by atoms with E-state index >= 15 is 0 Å². The van der Waals surface area contributed by atoms with Crippen molar-refractivity contribution in [2.45, 2.75) is 19.1 Å². The van der Waals surface area contributed by atoms with Crippen LogP contribution >= 0.6 is 11.6 Å². The molecule has 7 heteroatoms. The number of carbonyl (C=O) groups is 1. The van der Waals surface area contributed by atoms with Crippen LogP contribution in [0.15, 0.2) is 42.5 Å². The van der Waals surface area contributed by atoms with Crippen molar-refractivity contribution in [3.8, 4) is 0 Å². The first-order chi connectivity index (χ1) is 11.8. The Morgan fingerprint density at radius 3 is 2.60 bits per heavy atom. The maximum absolute atomic E-state index is 12.8. The second-order valence-corrected chi connectivity index (χ2v) is 6.29. The van der Waals surface area contributed by atoms with E-state index in [0.29, 0.717) is 13.1 Å². The lowest BCUT2D eigenvalue weighted by Crippen LogP contribution is -2.39. The molecule has 2 aromatic rings. The van der Waals surface area contributed by atoms with Crippen molar-refractivity contribution in [3.05, 3.63) is 64.2 Å². The summed E-state index contributed by atoms with van der Waals surface area (Å²) in [7, 11) is 0. The van der Waals surface area contributed by atoms with Gasteiger partial charge in [-0.05, 0) is 35.7 Å². The number of carbonyl (C=O) groups excluding carboxylic acids is 1. The van der Waals surface area contributed by atoms with Gasteiger partial charge in [-0.2, -0.15) is 13.2 Å². The molecular weight excluding hydrogens is 353 g/mol. The Morgan fingerprint density at radius 2 is 1.88 bits per heavy atom. The van der Waals surface area contributed by atoms with E-state index in [2.05, 4.69) is 5.32 Å². The largest absolute Gasteiger partial charge is 0.416 e. The molecule has 1 amide bonds. The van der Waals surface area contributed by atoms with Crippen LogP contribution in [0.4, 0.5) is 18.9 Å². The lowest BCUT2D eigenvalue weighted by Gasteiger charge is -2.29. The van der Waals surface area contributed by atoms with E-state index in [0.717, 1.165) is 24.1 Å². The standard InChI is InChI=1S/C18H16ClF3N2O/c19-15-6-5-14(18(20,21)22)9-16(15)23-10-17(25)24-8-7-12-3-1-2-4-13(12)11-24/h1-6,9,23H,7-8,10-11H2. The molecule has 0 aliphatic carbocycles. The minimum absolute atomic E-state index is 0.0993. The van der Waals surface area contributed by atoms with E-state index in [-0.39, 0.29) is 23.2 Å².